The summed E-state index contributed by atoms with van der Waals surface area (Å²) in [7, 11) is -3.42. The van der Waals surface area contributed by atoms with Crippen LogP contribution in [-0.2, 0) is 19.9 Å². The Morgan fingerprint density at radius 3 is 2.48 bits per heavy atom. The normalized spacial score (nSPS) is 30.7. The van der Waals surface area contributed by atoms with Crippen molar-refractivity contribution in [2.24, 2.45) is 5.92 Å². The predicted octanol–water partition coefficient (Wildman–Crippen LogP) is 0.688. The number of halogens is 1. The number of fused-ring (bicyclic) bond motifs is 1. The highest BCUT2D eigenvalue weighted by molar-refractivity contribution is 7.92. The molecule has 0 bridgehead atoms. The first-order valence-corrected chi connectivity index (χ1v) is 10.8. The molecule has 0 N–H and O–H groups in total. The smallest absolute Gasteiger partial charge is 0.244 e. The highest BCUT2D eigenvalue weighted by atomic mass is 35.5. The molecule has 1 aromatic carbocycles. The van der Waals surface area contributed by atoms with E-state index in [4.69, 9.17) is 11.6 Å². The van der Waals surface area contributed by atoms with E-state index < -0.39 is 25.1 Å². The van der Waals surface area contributed by atoms with Gasteiger partial charge in [-0.15, -0.1) is 0 Å². The Kier molecular flexibility index (Phi) is 4.25. The molecule has 128 valence electrons. The molecule has 2 heterocycles. The van der Waals surface area contributed by atoms with Crippen LogP contribution in [0.1, 0.15) is 0 Å². The maximum absolute atomic E-state index is 12.8. The van der Waals surface area contributed by atoms with Gasteiger partial charge in [0.25, 0.3) is 0 Å². The average Bonchev–Trinajstić information content (AvgIpc) is 2.99. The van der Waals surface area contributed by atoms with Crippen molar-refractivity contribution >= 4 is 31.5 Å². The van der Waals surface area contributed by atoms with Gasteiger partial charge >= 0.3 is 0 Å². The molecule has 2 aliphatic rings. The summed E-state index contributed by atoms with van der Waals surface area (Å²) in [6.45, 7) is 0.213. The molecular formula is C14H19ClN2O4S2. The van der Waals surface area contributed by atoms with E-state index in [1.165, 1.54) is 16.4 Å². The molecule has 3 atom stereocenters. The first-order valence-electron chi connectivity index (χ1n) is 7.27. The summed E-state index contributed by atoms with van der Waals surface area (Å²) in [5, 5.41) is -0.483. The number of sulfone groups is 1. The van der Waals surface area contributed by atoms with Gasteiger partial charge in [0.05, 0.1) is 16.0 Å². The summed E-state index contributed by atoms with van der Waals surface area (Å²) in [5.41, 5.74) is 0. The largest absolute Gasteiger partial charge is 0.305 e. The van der Waals surface area contributed by atoms with Crippen LogP contribution in [-0.4, -0.2) is 70.3 Å². The van der Waals surface area contributed by atoms with Crippen LogP contribution >= 0.6 is 11.6 Å². The Hall–Kier alpha value is -0.670. The molecule has 0 aromatic heterocycles. The fraction of sp³-hybridized carbons (Fsp3) is 0.571. The van der Waals surface area contributed by atoms with Crippen LogP contribution in [0.5, 0.6) is 0 Å². The number of hydrogen-bond acceptors (Lipinski definition) is 5. The Morgan fingerprint density at radius 1 is 1.22 bits per heavy atom. The number of benzene rings is 1. The van der Waals surface area contributed by atoms with Crippen LogP contribution in [0.3, 0.4) is 0 Å². The number of hydrogen-bond donors (Lipinski definition) is 0. The predicted molar refractivity (Wildman–Crippen MR) is 88.8 cm³/mol. The van der Waals surface area contributed by atoms with Gasteiger partial charge in [-0.1, -0.05) is 23.7 Å². The van der Waals surface area contributed by atoms with E-state index >= 15 is 0 Å². The molecule has 0 saturated carbocycles. The Morgan fingerprint density at radius 2 is 1.87 bits per heavy atom. The van der Waals surface area contributed by atoms with Crippen LogP contribution in [0.15, 0.2) is 29.2 Å². The van der Waals surface area contributed by atoms with E-state index in [-0.39, 0.29) is 40.7 Å². The minimum atomic E-state index is -3.79. The average molecular weight is 379 g/mol. The van der Waals surface area contributed by atoms with Crippen molar-refractivity contribution in [2.45, 2.75) is 16.2 Å². The van der Waals surface area contributed by atoms with Crippen LogP contribution in [0, 0.1) is 5.92 Å². The van der Waals surface area contributed by atoms with Crippen LogP contribution in [0.25, 0.3) is 0 Å². The van der Waals surface area contributed by atoms with Crippen LogP contribution in [0.2, 0.25) is 5.02 Å². The highest BCUT2D eigenvalue weighted by Gasteiger charge is 2.55. The van der Waals surface area contributed by atoms with E-state index in [1.54, 1.807) is 12.1 Å². The molecule has 0 spiro atoms. The number of rotatable bonds is 3. The second-order valence-corrected chi connectivity index (χ2v) is 10.9. The van der Waals surface area contributed by atoms with Gasteiger partial charge in [0.2, 0.25) is 10.0 Å². The minimum Gasteiger partial charge on any atom is -0.305 e. The molecular weight excluding hydrogens is 360 g/mol. The van der Waals surface area contributed by atoms with Gasteiger partial charge in [0.1, 0.15) is 4.90 Å². The van der Waals surface area contributed by atoms with Crippen molar-refractivity contribution in [3.05, 3.63) is 29.3 Å². The summed E-state index contributed by atoms with van der Waals surface area (Å²) >= 11 is 6.01. The quantitative estimate of drug-likeness (QED) is 0.773. The topological polar surface area (TPSA) is 74.8 Å². The molecule has 2 aliphatic heterocycles. The van der Waals surface area contributed by atoms with Gasteiger partial charge in [-0.2, -0.15) is 4.31 Å². The molecule has 0 unspecified atom stereocenters. The fourth-order valence-electron chi connectivity index (χ4n) is 3.52. The highest BCUT2D eigenvalue weighted by Crippen LogP contribution is 2.38. The number of sulfonamides is 1. The van der Waals surface area contributed by atoms with Crippen molar-refractivity contribution in [3.8, 4) is 0 Å². The van der Waals surface area contributed by atoms with Crippen LogP contribution < -0.4 is 0 Å². The third-order valence-electron chi connectivity index (χ3n) is 4.75. The fourth-order valence-corrected chi connectivity index (χ4v) is 8.09. The lowest BCUT2D eigenvalue weighted by molar-refractivity contribution is 0.249. The van der Waals surface area contributed by atoms with Gasteiger partial charge in [-0.25, -0.2) is 16.8 Å². The molecule has 0 radical (unpaired) electrons. The van der Waals surface area contributed by atoms with Gasteiger partial charge in [-0.05, 0) is 26.2 Å². The van der Waals surface area contributed by atoms with Crippen molar-refractivity contribution in [1.29, 1.82) is 0 Å². The lowest BCUT2D eigenvalue weighted by atomic mass is 10.00. The zero-order valence-corrected chi connectivity index (χ0v) is 15.3. The summed E-state index contributed by atoms with van der Waals surface area (Å²) in [6.07, 6.45) is 0. The number of nitrogens with zero attached hydrogens (tertiary/aromatic N) is 2. The Balaban J connectivity index is 1.95. The zero-order chi connectivity index (χ0) is 17.0. The van der Waals surface area contributed by atoms with Crippen LogP contribution in [0.4, 0.5) is 0 Å². The van der Waals surface area contributed by atoms with Crippen molar-refractivity contribution < 1.29 is 16.8 Å². The SMILES string of the molecule is CN(C)[C@@H]1CS(=O)(=O)[C@H]2CN(S(=O)(=O)c3ccccc3Cl)C[C@@H]12. The molecule has 9 heteroatoms. The third kappa shape index (κ3) is 2.80. The molecule has 6 nitrogen and oxygen atoms in total. The standard InChI is InChI=1S/C14H19ClN2O4S2/c1-16(2)12-9-22(18,19)14-8-17(7-10(12)14)23(20,21)13-6-4-3-5-11(13)15/h3-6,10,12,14H,7-9H2,1-2H3/t10-,12+,14-/m0/s1. The third-order valence-corrected chi connectivity index (χ3v) is 9.31. The Bertz CT molecular complexity index is 823. The first kappa shape index (κ1) is 17.2. The molecule has 2 fully saturated rings. The molecule has 0 amide bonds. The summed E-state index contributed by atoms with van der Waals surface area (Å²) in [6, 6.07) is 6.08. The summed E-state index contributed by atoms with van der Waals surface area (Å²) < 4.78 is 51.6. The molecule has 2 saturated heterocycles. The van der Waals surface area contributed by atoms with Gasteiger partial charge in [-0.3, -0.25) is 0 Å². The molecule has 23 heavy (non-hydrogen) atoms. The van der Waals surface area contributed by atoms with E-state index in [0.717, 1.165) is 0 Å². The molecule has 1 aromatic rings. The second kappa shape index (κ2) is 5.70. The zero-order valence-electron chi connectivity index (χ0n) is 12.9. The van der Waals surface area contributed by atoms with Crippen molar-refractivity contribution in [3.63, 3.8) is 0 Å². The lowest BCUT2D eigenvalue weighted by Gasteiger charge is -2.25. The van der Waals surface area contributed by atoms with E-state index in [2.05, 4.69) is 0 Å². The molecule has 3 rings (SSSR count). The maximum Gasteiger partial charge on any atom is 0.244 e. The van der Waals surface area contributed by atoms with Crippen molar-refractivity contribution in [2.75, 3.05) is 32.9 Å². The van der Waals surface area contributed by atoms with E-state index in [0.29, 0.717) is 0 Å². The van der Waals surface area contributed by atoms with Gasteiger partial charge in [0, 0.05) is 25.0 Å². The van der Waals surface area contributed by atoms with E-state index in [1.807, 2.05) is 19.0 Å². The summed E-state index contributed by atoms with van der Waals surface area (Å²) in [4.78, 5) is 1.90. The summed E-state index contributed by atoms with van der Waals surface area (Å²) in [5.74, 6) is -0.109. The lowest BCUT2D eigenvalue weighted by Crippen LogP contribution is -2.38. The maximum atomic E-state index is 12.8. The first-order chi connectivity index (χ1) is 10.6. The van der Waals surface area contributed by atoms with Crippen molar-refractivity contribution in [1.82, 2.24) is 9.21 Å². The van der Waals surface area contributed by atoms with Gasteiger partial charge < -0.3 is 4.90 Å². The monoisotopic (exact) mass is 378 g/mol. The van der Waals surface area contributed by atoms with Gasteiger partial charge in [0.15, 0.2) is 9.84 Å². The van der Waals surface area contributed by atoms with E-state index in [9.17, 15) is 16.8 Å². The second-order valence-electron chi connectivity index (χ2n) is 6.32. The molecule has 0 aliphatic carbocycles. The Labute approximate surface area is 142 Å². The minimum absolute atomic E-state index is 0.00486.